The summed E-state index contributed by atoms with van der Waals surface area (Å²) < 4.78 is 2.13. The Balaban J connectivity index is 2.00. The number of carbonyl (C=O) groups is 1. The summed E-state index contributed by atoms with van der Waals surface area (Å²) in [5.74, 6) is 0.0607. The summed E-state index contributed by atoms with van der Waals surface area (Å²) in [6.45, 7) is 8.82. The fourth-order valence-electron chi connectivity index (χ4n) is 2.76. The number of aliphatic hydroxyl groups is 1. The van der Waals surface area contributed by atoms with Crippen molar-refractivity contribution < 1.29 is 9.90 Å². The van der Waals surface area contributed by atoms with Crippen LogP contribution in [0.1, 0.15) is 28.7 Å². The van der Waals surface area contributed by atoms with Crippen LogP contribution in [0.3, 0.4) is 0 Å². The fraction of sp³-hybridized carbons (Fsp3) is 0.643. The van der Waals surface area contributed by atoms with Gasteiger partial charge in [-0.25, -0.2) is 0 Å². The Morgan fingerprint density at radius 1 is 1.53 bits per heavy atom. The largest absolute Gasteiger partial charge is 0.391 e. The molecule has 0 aliphatic carbocycles. The molecule has 3 N–H and O–H groups in total. The summed E-state index contributed by atoms with van der Waals surface area (Å²) in [5.41, 5.74) is 2.84. The zero-order valence-corrected chi connectivity index (χ0v) is 11.9. The molecule has 0 radical (unpaired) electrons. The van der Waals surface area contributed by atoms with Crippen LogP contribution in [0.4, 0.5) is 0 Å². The zero-order chi connectivity index (χ0) is 14.0. The van der Waals surface area contributed by atoms with Gasteiger partial charge in [-0.1, -0.05) is 0 Å². The van der Waals surface area contributed by atoms with Crippen molar-refractivity contribution in [3.8, 4) is 0 Å². The second-order valence-corrected chi connectivity index (χ2v) is 5.22. The minimum absolute atomic E-state index is 0.0492. The van der Waals surface area contributed by atoms with E-state index < -0.39 is 0 Å². The number of β-amino-alcohol motifs (C(OH)–C–C–N with tert-alkyl or cyclic N) is 1. The maximum Gasteiger partial charge on any atom is 0.253 e. The second kappa shape index (κ2) is 5.75. The van der Waals surface area contributed by atoms with Gasteiger partial charge in [0, 0.05) is 43.5 Å². The Morgan fingerprint density at radius 3 is 2.79 bits per heavy atom. The molecule has 2 rings (SSSR count). The van der Waals surface area contributed by atoms with Crippen LogP contribution < -0.4 is 10.6 Å². The van der Waals surface area contributed by atoms with Gasteiger partial charge < -0.3 is 20.3 Å². The molecule has 106 valence electrons. The van der Waals surface area contributed by atoms with Crippen LogP contribution in [0.25, 0.3) is 0 Å². The smallest absolute Gasteiger partial charge is 0.253 e. The first-order valence-corrected chi connectivity index (χ1v) is 6.88. The SMILES string of the molecule is CCn1c(C)cc(C(=O)NCC2CNCC2O)c1C. The van der Waals surface area contributed by atoms with Crippen molar-refractivity contribution in [3.05, 3.63) is 23.0 Å². The average Bonchev–Trinajstić information content (AvgIpc) is 2.90. The first-order chi connectivity index (χ1) is 9.04. The van der Waals surface area contributed by atoms with E-state index in [1.54, 1.807) is 0 Å². The molecule has 1 saturated heterocycles. The van der Waals surface area contributed by atoms with E-state index in [1.807, 2.05) is 19.9 Å². The molecule has 1 aliphatic heterocycles. The normalized spacial score (nSPS) is 22.7. The molecule has 1 aromatic rings. The quantitative estimate of drug-likeness (QED) is 0.740. The molecular weight excluding hydrogens is 242 g/mol. The number of nitrogens with one attached hydrogen (secondary N) is 2. The molecule has 19 heavy (non-hydrogen) atoms. The lowest BCUT2D eigenvalue weighted by atomic mass is 10.1. The third-order valence-electron chi connectivity index (χ3n) is 3.96. The number of aromatic nitrogens is 1. The Bertz CT molecular complexity index is 468. The second-order valence-electron chi connectivity index (χ2n) is 5.22. The molecule has 1 fully saturated rings. The van der Waals surface area contributed by atoms with Gasteiger partial charge in [0.05, 0.1) is 11.7 Å². The van der Waals surface area contributed by atoms with E-state index >= 15 is 0 Å². The standard InChI is InChI=1S/C14H23N3O2/c1-4-17-9(2)5-12(10(17)3)14(19)16-7-11-6-15-8-13(11)18/h5,11,13,15,18H,4,6-8H2,1-3H3,(H,16,19). The summed E-state index contributed by atoms with van der Waals surface area (Å²) in [6, 6.07) is 1.93. The lowest BCUT2D eigenvalue weighted by molar-refractivity contribution is 0.0926. The minimum atomic E-state index is -0.358. The predicted octanol–water partition coefficient (Wildman–Crippen LogP) is 0.435. The molecule has 0 saturated carbocycles. The lowest BCUT2D eigenvalue weighted by Gasteiger charge is -2.14. The van der Waals surface area contributed by atoms with Crippen LogP contribution in [-0.2, 0) is 6.54 Å². The first-order valence-electron chi connectivity index (χ1n) is 6.88. The highest BCUT2D eigenvalue weighted by atomic mass is 16.3. The van der Waals surface area contributed by atoms with Gasteiger partial charge >= 0.3 is 0 Å². The van der Waals surface area contributed by atoms with Gasteiger partial charge in [-0.15, -0.1) is 0 Å². The maximum atomic E-state index is 12.2. The highest BCUT2D eigenvalue weighted by Gasteiger charge is 2.25. The van der Waals surface area contributed by atoms with Gasteiger partial charge in [0.25, 0.3) is 5.91 Å². The number of amides is 1. The average molecular weight is 265 g/mol. The number of hydrogen-bond acceptors (Lipinski definition) is 3. The van der Waals surface area contributed by atoms with E-state index in [1.165, 1.54) is 0 Å². The van der Waals surface area contributed by atoms with E-state index in [-0.39, 0.29) is 17.9 Å². The van der Waals surface area contributed by atoms with Crippen molar-refractivity contribution in [3.63, 3.8) is 0 Å². The number of hydrogen-bond donors (Lipinski definition) is 3. The monoisotopic (exact) mass is 265 g/mol. The molecule has 5 heteroatoms. The highest BCUT2D eigenvalue weighted by Crippen LogP contribution is 2.15. The number of nitrogens with zero attached hydrogens (tertiary/aromatic N) is 1. The minimum Gasteiger partial charge on any atom is -0.391 e. The lowest BCUT2D eigenvalue weighted by Crippen LogP contribution is -2.34. The molecule has 0 spiro atoms. The van der Waals surface area contributed by atoms with Gasteiger partial charge in [0.1, 0.15) is 0 Å². The van der Waals surface area contributed by atoms with Gasteiger partial charge in [0.15, 0.2) is 0 Å². The van der Waals surface area contributed by atoms with Crippen LogP contribution in [0, 0.1) is 19.8 Å². The van der Waals surface area contributed by atoms with Crippen LogP contribution >= 0.6 is 0 Å². The van der Waals surface area contributed by atoms with E-state index in [4.69, 9.17) is 0 Å². The predicted molar refractivity (Wildman–Crippen MR) is 74.3 cm³/mol. The molecule has 0 aromatic carbocycles. The molecule has 1 aliphatic rings. The van der Waals surface area contributed by atoms with Gasteiger partial charge in [-0.2, -0.15) is 0 Å². The Labute approximate surface area is 114 Å². The summed E-state index contributed by atoms with van der Waals surface area (Å²) in [5, 5.41) is 15.7. The van der Waals surface area contributed by atoms with Crippen molar-refractivity contribution >= 4 is 5.91 Å². The van der Waals surface area contributed by atoms with Gasteiger partial charge in [-0.05, 0) is 26.8 Å². The summed E-state index contributed by atoms with van der Waals surface area (Å²) in [6.07, 6.45) is -0.358. The number of aliphatic hydroxyl groups excluding tert-OH is 1. The van der Waals surface area contributed by atoms with Crippen molar-refractivity contribution in [2.75, 3.05) is 19.6 Å². The van der Waals surface area contributed by atoms with E-state index in [2.05, 4.69) is 22.1 Å². The first kappa shape index (κ1) is 14.1. The van der Waals surface area contributed by atoms with Crippen molar-refractivity contribution in [2.45, 2.75) is 33.4 Å². The number of carbonyl (C=O) groups excluding carboxylic acids is 1. The van der Waals surface area contributed by atoms with Crippen molar-refractivity contribution in [1.29, 1.82) is 0 Å². The van der Waals surface area contributed by atoms with E-state index in [0.717, 1.165) is 30.0 Å². The van der Waals surface area contributed by atoms with Crippen molar-refractivity contribution in [1.82, 2.24) is 15.2 Å². The summed E-state index contributed by atoms with van der Waals surface area (Å²) in [4.78, 5) is 12.2. The Kier molecular flexibility index (Phi) is 4.27. The Hall–Kier alpha value is -1.33. The van der Waals surface area contributed by atoms with E-state index in [0.29, 0.717) is 13.1 Å². The van der Waals surface area contributed by atoms with E-state index in [9.17, 15) is 9.90 Å². The Morgan fingerprint density at radius 2 is 2.26 bits per heavy atom. The van der Waals surface area contributed by atoms with Gasteiger partial charge in [0.2, 0.25) is 0 Å². The summed E-state index contributed by atoms with van der Waals surface area (Å²) in [7, 11) is 0. The third kappa shape index (κ3) is 2.82. The third-order valence-corrected chi connectivity index (χ3v) is 3.96. The molecule has 5 nitrogen and oxygen atoms in total. The molecule has 0 bridgehead atoms. The molecule has 2 heterocycles. The molecule has 1 amide bonds. The summed E-state index contributed by atoms with van der Waals surface area (Å²) >= 11 is 0. The molecular formula is C14H23N3O2. The van der Waals surface area contributed by atoms with Crippen LogP contribution in [0.5, 0.6) is 0 Å². The zero-order valence-electron chi connectivity index (χ0n) is 11.9. The topological polar surface area (TPSA) is 66.3 Å². The van der Waals surface area contributed by atoms with Gasteiger partial charge in [-0.3, -0.25) is 4.79 Å². The van der Waals surface area contributed by atoms with Crippen molar-refractivity contribution in [2.24, 2.45) is 5.92 Å². The molecule has 2 atom stereocenters. The molecule has 1 aromatic heterocycles. The number of aryl methyl sites for hydroxylation is 1. The maximum absolute atomic E-state index is 12.2. The van der Waals surface area contributed by atoms with Crippen LogP contribution in [0.15, 0.2) is 6.07 Å². The number of rotatable bonds is 4. The highest BCUT2D eigenvalue weighted by molar-refractivity contribution is 5.95. The van der Waals surface area contributed by atoms with Crippen LogP contribution in [-0.4, -0.2) is 41.3 Å². The molecule has 2 unspecified atom stereocenters. The fourth-order valence-corrected chi connectivity index (χ4v) is 2.76. The van der Waals surface area contributed by atoms with Crippen LogP contribution in [0.2, 0.25) is 0 Å².